The Hall–Kier alpha value is -3.55. The lowest BCUT2D eigenvalue weighted by Crippen LogP contribution is -2.28. The van der Waals surface area contributed by atoms with Crippen molar-refractivity contribution in [1.82, 2.24) is 20.3 Å². The number of nitrogens with one attached hydrogen (secondary N) is 1. The van der Waals surface area contributed by atoms with E-state index in [2.05, 4.69) is 15.5 Å². The molecular weight excluding hydrogens is 375 g/mol. The van der Waals surface area contributed by atoms with Gasteiger partial charge in [0.1, 0.15) is 5.82 Å². The van der Waals surface area contributed by atoms with Gasteiger partial charge in [0.2, 0.25) is 0 Å². The lowest BCUT2D eigenvalue weighted by atomic mass is 10.1. The number of hydrogen-bond donors (Lipinski definition) is 1. The predicted molar refractivity (Wildman–Crippen MR) is 104 cm³/mol. The highest BCUT2D eigenvalue weighted by Crippen LogP contribution is 2.15. The third-order valence-electron chi connectivity index (χ3n) is 4.28. The van der Waals surface area contributed by atoms with Gasteiger partial charge in [0.25, 0.3) is 5.91 Å². The molecule has 0 unspecified atom stereocenters. The van der Waals surface area contributed by atoms with Gasteiger partial charge in [-0.2, -0.15) is 9.90 Å². The zero-order chi connectivity index (χ0) is 21.0. The molecule has 3 aromatic rings. The van der Waals surface area contributed by atoms with E-state index in [1.165, 1.54) is 16.9 Å². The third-order valence-corrected chi connectivity index (χ3v) is 4.28. The first-order chi connectivity index (χ1) is 13.8. The largest absolute Gasteiger partial charge is 0.451 e. The highest BCUT2D eigenvalue weighted by atomic mass is 19.1. The molecule has 0 aliphatic rings. The van der Waals surface area contributed by atoms with Crippen molar-refractivity contribution in [3.05, 3.63) is 76.4 Å². The lowest BCUT2D eigenvalue weighted by molar-refractivity contribution is -0.124. The van der Waals surface area contributed by atoms with Crippen molar-refractivity contribution in [3.63, 3.8) is 0 Å². The SMILES string of the molecule is Cc1ccc(-n2nc(C)c(C(=O)OCC(=O)NCc3ccc(F)cc3)n2)c(C)c1. The van der Waals surface area contributed by atoms with Crippen LogP contribution in [0.3, 0.4) is 0 Å². The second-order valence-corrected chi connectivity index (χ2v) is 6.69. The molecule has 0 bridgehead atoms. The maximum Gasteiger partial charge on any atom is 0.361 e. The van der Waals surface area contributed by atoms with Crippen LogP contribution >= 0.6 is 0 Å². The van der Waals surface area contributed by atoms with Gasteiger partial charge in [-0.1, -0.05) is 29.8 Å². The zero-order valence-corrected chi connectivity index (χ0v) is 16.4. The van der Waals surface area contributed by atoms with E-state index in [9.17, 15) is 14.0 Å². The van der Waals surface area contributed by atoms with Crippen LogP contribution in [0.15, 0.2) is 42.5 Å². The van der Waals surface area contributed by atoms with E-state index in [0.717, 1.165) is 22.4 Å². The molecule has 0 saturated carbocycles. The average molecular weight is 396 g/mol. The van der Waals surface area contributed by atoms with Gasteiger partial charge in [0, 0.05) is 6.54 Å². The van der Waals surface area contributed by atoms with Crippen LogP contribution in [0.2, 0.25) is 0 Å². The summed E-state index contributed by atoms with van der Waals surface area (Å²) in [5.74, 6) is -1.55. The summed E-state index contributed by atoms with van der Waals surface area (Å²) in [6.45, 7) is 5.33. The Kier molecular flexibility index (Phi) is 6.01. The summed E-state index contributed by atoms with van der Waals surface area (Å²) >= 11 is 0. The molecule has 1 heterocycles. The van der Waals surface area contributed by atoms with Crippen molar-refractivity contribution in [2.75, 3.05) is 6.61 Å². The average Bonchev–Trinajstić information content (AvgIpc) is 3.07. The number of rotatable bonds is 6. The van der Waals surface area contributed by atoms with Gasteiger partial charge in [-0.15, -0.1) is 5.10 Å². The molecule has 2 aromatic carbocycles. The molecule has 1 amide bonds. The molecule has 0 spiro atoms. The Balaban J connectivity index is 1.58. The summed E-state index contributed by atoms with van der Waals surface area (Å²) in [7, 11) is 0. The Morgan fingerprint density at radius 2 is 1.79 bits per heavy atom. The number of ether oxygens (including phenoxy) is 1. The molecule has 0 aliphatic heterocycles. The van der Waals surface area contributed by atoms with Gasteiger partial charge >= 0.3 is 5.97 Å². The van der Waals surface area contributed by atoms with E-state index < -0.39 is 18.5 Å². The number of amides is 1. The molecule has 1 N–H and O–H groups in total. The zero-order valence-electron chi connectivity index (χ0n) is 16.4. The van der Waals surface area contributed by atoms with Gasteiger partial charge in [0.15, 0.2) is 12.3 Å². The number of benzene rings is 2. The molecule has 8 heteroatoms. The molecular formula is C21H21FN4O3. The van der Waals surface area contributed by atoms with Crippen molar-refractivity contribution in [2.24, 2.45) is 0 Å². The van der Waals surface area contributed by atoms with E-state index in [4.69, 9.17) is 4.74 Å². The third kappa shape index (κ3) is 5.04. The minimum absolute atomic E-state index is 0.0521. The topological polar surface area (TPSA) is 86.1 Å². The minimum atomic E-state index is -0.726. The standard InChI is InChI=1S/C21H21FN4O3/c1-13-4-9-18(14(2)10-13)26-24-15(3)20(25-26)21(28)29-12-19(27)23-11-16-5-7-17(22)8-6-16/h4-10H,11-12H2,1-3H3,(H,23,27). The molecule has 0 saturated heterocycles. The highest BCUT2D eigenvalue weighted by Gasteiger charge is 2.19. The number of nitrogens with zero attached hydrogens (tertiary/aromatic N) is 3. The summed E-state index contributed by atoms with van der Waals surface area (Å²) < 4.78 is 17.9. The Labute approximate surface area is 167 Å². The summed E-state index contributed by atoms with van der Waals surface area (Å²) in [5.41, 5.74) is 4.03. The molecule has 7 nitrogen and oxygen atoms in total. The number of esters is 1. The summed E-state index contributed by atoms with van der Waals surface area (Å²) in [4.78, 5) is 25.6. The van der Waals surface area contributed by atoms with E-state index >= 15 is 0 Å². The second-order valence-electron chi connectivity index (χ2n) is 6.69. The fourth-order valence-electron chi connectivity index (χ4n) is 2.76. The van der Waals surface area contributed by atoms with Crippen molar-refractivity contribution in [2.45, 2.75) is 27.3 Å². The predicted octanol–water partition coefficient (Wildman–Crippen LogP) is 2.80. The van der Waals surface area contributed by atoms with Gasteiger partial charge in [-0.3, -0.25) is 4.79 Å². The number of carbonyl (C=O) groups is 2. The fourth-order valence-corrected chi connectivity index (χ4v) is 2.76. The fraction of sp³-hybridized carbons (Fsp3) is 0.238. The van der Waals surface area contributed by atoms with Gasteiger partial charge in [-0.05, 0) is 50.1 Å². The first-order valence-electron chi connectivity index (χ1n) is 9.03. The van der Waals surface area contributed by atoms with Crippen LogP contribution in [0.5, 0.6) is 0 Å². The summed E-state index contributed by atoms with van der Waals surface area (Å²) in [5, 5.41) is 11.1. The quantitative estimate of drug-likeness (QED) is 0.648. The van der Waals surface area contributed by atoms with E-state index in [1.54, 1.807) is 19.1 Å². The number of carbonyl (C=O) groups excluding carboxylic acids is 2. The van der Waals surface area contributed by atoms with Gasteiger partial charge in [-0.25, -0.2) is 9.18 Å². The maximum absolute atomic E-state index is 12.9. The van der Waals surface area contributed by atoms with Crippen LogP contribution < -0.4 is 5.32 Å². The van der Waals surface area contributed by atoms with Crippen molar-refractivity contribution in [1.29, 1.82) is 0 Å². The second kappa shape index (κ2) is 8.64. The molecule has 150 valence electrons. The first kappa shape index (κ1) is 20.2. The van der Waals surface area contributed by atoms with Crippen LogP contribution in [0, 0.1) is 26.6 Å². The van der Waals surface area contributed by atoms with Crippen LogP contribution in [-0.4, -0.2) is 33.5 Å². The van der Waals surface area contributed by atoms with Crippen molar-refractivity contribution >= 4 is 11.9 Å². The van der Waals surface area contributed by atoms with Crippen LogP contribution in [0.25, 0.3) is 5.69 Å². The number of hydrogen-bond acceptors (Lipinski definition) is 5. The maximum atomic E-state index is 12.9. The molecule has 29 heavy (non-hydrogen) atoms. The monoisotopic (exact) mass is 396 g/mol. The molecule has 3 rings (SSSR count). The van der Waals surface area contributed by atoms with Crippen LogP contribution in [-0.2, 0) is 16.1 Å². The molecule has 0 atom stereocenters. The molecule has 1 aromatic heterocycles. The van der Waals surface area contributed by atoms with E-state index in [0.29, 0.717) is 5.69 Å². The van der Waals surface area contributed by atoms with Crippen molar-refractivity contribution < 1.29 is 18.7 Å². The number of aryl methyl sites for hydroxylation is 3. The molecule has 0 fully saturated rings. The molecule has 0 aliphatic carbocycles. The summed E-state index contributed by atoms with van der Waals surface area (Å²) in [6, 6.07) is 11.6. The van der Waals surface area contributed by atoms with E-state index in [-0.39, 0.29) is 18.1 Å². The highest BCUT2D eigenvalue weighted by molar-refractivity contribution is 5.90. The minimum Gasteiger partial charge on any atom is -0.451 e. The Morgan fingerprint density at radius 3 is 2.48 bits per heavy atom. The lowest BCUT2D eigenvalue weighted by Gasteiger charge is -2.06. The van der Waals surface area contributed by atoms with Crippen molar-refractivity contribution in [3.8, 4) is 5.69 Å². The smallest absolute Gasteiger partial charge is 0.361 e. The Morgan fingerprint density at radius 1 is 1.07 bits per heavy atom. The van der Waals surface area contributed by atoms with Gasteiger partial charge < -0.3 is 10.1 Å². The van der Waals surface area contributed by atoms with Crippen LogP contribution in [0.1, 0.15) is 32.9 Å². The number of halogens is 1. The summed E-state index contributed by atoms with van der Waals surface area (Å²) in [6.07, 6.45) is 0. The van der Waals surface area contributed by atoms with Crippen LogP contribution in [0.4, 0.5) is 4.39 Å². The first-order valence-corrected chi connectivity index (χ1v) is 9.03. The Bertz CT molecular complexity index is 1040. The van der Waals surface area contributed by atoms with Gasteiger partial charge in [0.05, 0.1) is 11.4 Å². The van der Waals surface area contributed by atoms with E-state index in [1.807, 2.05) is 32.0 Å². The normalized spacial score (nSPS) is 10.6. The number of aromatic nitrogens is 3. The molecule has 0 radical (unpaired) electrons.